The molecule has 6 aliphatic rings. The first kappa shape index (κ1) is 79.9. The summed E-state index contributed by atoms with van der Waals surface area (Å²) in [7, 11) is 0. The summed E-state index contributed by atoms with van der Waals surface area (Å²) >= 11 is 0. The normalized spacial score (nSPS) is 19.4. The van der Waals surface area contributed by atoms with Crippen LogP contribution in [-0.2, 0) is 15.6 Å². The molecule has 0 spiro atoms. The first-order chi connectivity index (χ1) is 60.2. The number of fused-ring (bicyclic) bond motifs is 6. The minimum atomic E-state index is -0.308. The first-order valence-electron chi connectivity index (χ1n) is 42.6. The lowest BCUT2D eigenvalue weighted by atomic mass is 9.87. The Kier molecular flexibility index (Phi) is 21.8. The van der Waals surface area contributed by atoms with Crippen molar-refractivity contribution in [1.82, 2.24) is 61.2 Å². The van der Waals surface area contributed by atoms with Crippen LogP contribution in [0.3, 0.4) is 0 Å². The van der Waals surface area contributed by atoms with Gasteiger partial charge in [0.2, 0.25) is 70.7 Å². The zero-order valence-corrected chi connectivity index (χ0v) is 70.6. The zero-order chi connectivity index (χ0) is 84.7. The van der Waals surface area contributed by atoms with Crippen LogP contribution in [0.2, 0.25) is 0 Å². The van der Waals surface area contributed by atoms with Gasteiger partial charge in [-0.05, 0) is 315 Å². The fourth-order valence-corrected chi connectivity index (χ4v) is 17.5. The molecule has 6 aliphatic carbocycles. The third-order valence-corrected chi connectivity index (χ3v) is 25.0. The lowest BCUT2D eigenvalue weighted by molar-refractivity contribution is 0.0420. The number of nitrogens with zero attached hydrogens (tertiary/aromatic N) is 12. The second-order valence-electron chi connectivity index (χ2n) is 35.6. The molecule has 0 N–H and O–H groups in total. The van der Waals surface area contributed by atoms with E-state index >= 15 is 0 Å². The molecule has 15 aromatic rings. The van der Waals surface area contributed by atoms with Gasteiger partial charge in [-0.25, -0.2) is 4.79 Å². The number of carbonyl (C=O) groups is 1. The van der Waals surface area contributed by atoms with E-state index in [4.69, 9.17) is 40.7 Å². The molecular formula is C102H94N12O10. The molecule has 0 radical (unpaired) electrons. The van der Waals surface area contributed by atoms with Crippen LogP contribution in [-0.4, -0.2) is 87.0 Å². The van der Waals surface area contributed by atoms with E-state index in [1.807, 2.05) is 146 Å². The Hall–Kier alpha value is -13.9. The molecular weight excluding hydrogens is 1550 g/mol. The Morgan fingerprint density at radius 1 is 0.298 bits per heavy atom. The third kappa shape index (κ3) is 17.5. The van der Waals surface area contributed by atoms with Crippen LogP contribution in [0.25, 0.3) is 137 Å². The predicted molar refractivity (Wildman–Crippen MR) is 471 cm³/mol. The molecule has 0 aliphatic heterocycles. The van der Waals surface area contributed by atoms with Gasteiger partial charge in [0.1, 0.15) is 11.5 Å². The van der Waals surface area contributed by atoms with Gasteiger partial charge in [0.25, 0.3) is 0 Å². The van der Waals surface area contributed by atoms with E-state index in [-0.39, 0.29) is 16.8 Å². The number of aromatic nitrogens is 12. The standard InChI is InChI=1S/C34H30N4O4.2C34H32N4O3/c1-19-14-28(15-20(2)21(19)3)33-38-37-32(42-33)24-8-6-23(7-9-24)30-35-36-31(41-30)25-10-12-26(13-11-25)34(39)40-18-29-17-22-4-5-27(29)16-22;1-34(2,3)28-14-12-22(13-15-28)30-35-36-31(40-30)24-6-4-7-25(18-24)32-37-38-33(41-32)26-8-5-9-29(19-26)39-20-27-17-21-10-11-23(27)16-21;1-34(2,3)28-13-9-22(10-14-28)30-35-37-32(40-30)25-5-4-6-26(19-25)33-38-36-31(41-33)23-11-15-29(16-12-23)39-20-27-18-21-7-8-24(27)17-21/h4-15,22,27,29H,16-18H2,1-3H3;4-15,18-19,21,23,27H,16-17,20H2,1-3H3;4-16,19,21,24,27H,17-18,20H2,1-3H3. The predicted octanol–water partition coefficient (Wildman–Crippen LogP) is 23.4. The van der Waals surface area contributed by atoms with Crippen LogP contribution in [0, 0.1) is 74.0 Å². The highest BCUT2D eigenvalue weighted by molar-refractivity contribution is 5.90. The van der Waals surface area contributed by atoms with Crippen molar-refractivity contribution in [2.24, 2.45) is 53.3 Å². The second-order valence-corrected chi connectivity index (χ2v) is 35.6. The first-order valence-corrected chi connectivity index (χ1v) is 42.6. The van der Waals surface area contributed by atoms with Crippen molar-refractivity contribution >= 4 is 5.97 Å². The Balaban J connectivity index is 0.000000122. The number of rotatable bonds is 21. The largest absolute Gasteiger partial charge is 0.493 e. The van der Waals surface area contributed by atoms with Gasteiger partial charge in [0.05, 0.1) is 25.4 Å². The minimum Gasteiger partial charge on any atom is -0.493 e. The number of ether oxygens (including phenoxy) is 3. The van der Waals surface area contributed by atoms with Crippen LogP contribution >= 0.6 is 0 Å². The van der Waals surface area contributed by atoms with E-state index in [2.05, 4.69) is 196 Å². The number of benzene rings is 9. The maximum atomic E-state index is 12.6. The smallest absolute Gasteiger partial charge is 0.338 e. The summed E-state index contributed by atoms with van der Waals surface area (Å²) in [5.41, 5.74) is 16.5. The Bertz CT molecular complexity index is 6410. The van der Waals surface area contributed by atoms with Gasteiger partial charge in [-0.2, -0.15) is 0 Å². The number of hydrogen-bond acceptors (Lipinski definition) is 22. The molecule has 3 saturated carbocycles. The monoisotopic (exact) mass is 1650 g/mol. The van der Waals surface area contributed by atoms with E-state index in [1.165, 1.54) is 59.9 Å². The van der Waals surface area contributed by atoms with Crippen LogP contribution in [0.5, 0.6) is 11.5 Å². The summed E-state index contributed by atoms with van der Waals surface area (Å²) in [6.45, 7) is 21.4. The van der Waals surface area contributed by atoms with E-state index in [9.17, 15) is 4.79 Å². The highest BCUT2D eigenvalue weighted by Gasteiger charge is 2.39. The van der Waals surface area contributed by atoms with E-state index < -0.39 is 0 Å². The Morgan fingerprint density at radius 2 is 0.581 bits per heavy atom. The van der Waals surface area contributed by atoms with Crippen LogP contribution < -0.4 is 9.47 Å². The number of hydrogen-bond donors (Lipinski definition) is 0. The summed E-state index contributed by atoms with van der Waals surface area (Å²) in [5, 5.41) is 51.2. The Labute approximate surface area is 718 Å². The quantitative estimate of drug-likeness (QED) is 0.0477. The summed E-state index contributed by atoms with van der Waals surface area (Å²) in [4.78, 5) is 12.6. The Morgan fingerprint density at radius 3 is 0.903 bits per heavy atom. The van der Waals surface area contributed by atoms with Crippen molar-refractivity contribution in [2.75, 3.05) is 19.8 Å². The molecule has 6 heterocycles. The van der Waals surface area contributed by atoms with Gasteiger partial charge in [-0.15, -0.1) is 61.2 Å². The van der Waals surface area contributed by atoms with Gasteiger partial charge in [-0.3, -0.25) is 0 Å². The SMILES string of the molecule is CC(C)(C)c1ccc(-c2nnc(-c3cccc(-c4nnc(-c5ccc(OCC6CC7C=CC6C7)cc5)o4)c3)o2)cc1.CC(C)(C)c1ccc(-c2nnc(-c3cccc(-c4nnc(-c5cccc(OCC6CC7C=CC6C7)c5)o4)c3)o2)cc1.Cc1cc(-c2nnc(-c3ccc(-c4nnc(-c5ccc(C(=O)OCC6CC7C=CC6C7)cc5)o4)cc3)o2)cc(C)c1C. The average molecular weight is 1650 g/mol. The minimum absolute atomic E-state index is 0.0803. The van der Waals surface area contributed by atoms with Gasteiger partial charge in [0, 0.05) is 66.8 Å². The van der Waals surface area contributed by atoms with Gasteiger partial charge >= 0.3 is 5.97 Å². The van der Waals surface area contributed by atoms with E-state index in [0.717, 1.165) is 110 Å². The molecule has 622 valence electrons. The van der Waals surface area contributed by atoms with E-state index in [1.54, 1.807) is 24.3 Å². The zero-order valence-electron chi connectivity index (χ0n) is 70.6. The summed E-state index contributed by atoms with van der Waals surface area (Å²) in [6.07, 6.45) is 21.3. The maximum absolute atomic E-state index is 12.6. The van der Waals surface area contributed by atoms with Crippen LogP contribution in [0.4, 0.5) is 0 Å². The van der Waals surface area contributed by atoms with Gasteiger partial charge in [0.15, 0.2) is 0 Å². The molecule has 124 heavy (non-hydrogen) atoms. The lowest BCUT2D eigenvalue weighted by Gasteiger charge is -2.18. The van der Waals surface area contributed by atoms with Crippen molar-refractivity contribution < 1.29 is 45.5 Å². The molecule has 22 heteroatoms. The highest BCUT2D eigenvalue weighted by atomic mass is 16.5. The molecule has 22 nitrogen and oxygen atoms in total. The molecule has 9 unspecified atom stereocenters. The molecule has 6 aromatic heterocycles. The fraction of sp³-hybridized carbons (Fsp3) is 0.284. The van der Waals surface area contributed by atoms with Crippen LogP contribution in [0.1, 0.15) is 118 Å². The van der Waals surface area contributed by atoms with Crippen molar-refractivity contribution in [3.05, 3.63) is 276 Å². The molecule has 6 bridgehead atoms. The number of allylic oxidation sites excluding steroid dienone is 6. The van der Waals surface area contributed by atoms with Crippen LogP contribution in [0.15, 0.2) is 269 Å². The fourth-order valence-electron chi connectivity index (χ4n) is 17.5. The van der Waals surface area contributed by atoms with Crippen molar-refractivity contribution in [1.29, 1.82) is 0 Å². The number of esters is 1. The topological polar surface area (TPSA) is 278 Å². The highest BCUT2D eigenvalue weighted by Crippen LogP contribution is 2.47. The maximum Gasteiger partial charge on any atom is 0.338 e. The van der Waals surface area contributed by atoms with Crippen molar-refractivity contribution in [3.63, 3.8) is 0 Å². The molecule has 0 amide bonds. The molecule has 3 fully saturated rings. The summed E-state index contributed by atoms with van der Waals surface area (Å²) in [5.74, 6) is 12.3. The molecule has 9 atom stereocenters. The molecule has 0 saturated heterocycles. The number of aryl methyl sites for hydroxylation is 2. The molecule has 21 rings (SSSR count). The van der Waals surface area contributed by atoms with Gasteiger partial charge in [-0.1, -0.05) is 120 Å². The summed E-state index contributed by atoms with van der Waals surface area (Å²) in [6, 6.07) is 66.2. The third-order valence-electron chi connectivity index (χ3n) is 25.0. The molecule has 9 aromatic carbocycles. The van der Waals surface area contributed by atoms with Crippen molar-refractivity contribution in [3.8, 4) is 149 Å². The summed E-state index contributed by atoms with van der Waals surface area (Å²) < 4.78 is 54.0. The van der Waals surface area contributed by atoms with Gasteiger partial charge < -0.3 is 40.7 Å². The van der Waals surface area contributed by atoms with E-state index in [0.29, 0.717) is 124 Å². The lowest BCUT2D eigenvalue weighted by Crippen LogP contribution is -2.17. The van der Waals surface area contributed by atoms with Crippen molar-refractivity contribution in [2.45, 2.75) is 112 Å². The number of carbonyl (C=O) groups excluding carboxylic acids is 1. The second kappa shape index (κ2) is 33.8. The average Bonchev–Trinajstić information content (AvgIpc) is 1.64.